The van der Waals surface area contributed by atoms with E-state index in [0.29, 0.717) is 47.3 Å². The van der Waals surface area contributed by atoms with E-state index < -0.39 is 17.7 Å². The number of ether oxygens (including phenoxy) is 3. The fourth-order valence-electron chi connectivity index (χ4n) is 4.41. The number of carbonyl (C=O) groups is 2. The van der Waals surface area contributed by atoms with Crippen LogP contribution in [0.3, 0.4) is 0 Å². The molecule has 0 aromatic heterocycles. The highest BCUT2D eigenvalue weighted by atomic mass is 35.5. The number of methoxy groups -OCH3 is 1. The van der Waals surface area contributed by atoms with E-state index in [1.54, 1.807) is 30.3 Å². The van der Waals surface area contributed by atoms with Crippen LogP contribution in [-0.2, 0) is 9.59 Å². The van der Waals surface area contributed by atoms with Crippen LogP contribution in [0.5, 0.6) is 17.2 Å². The van der Waals surface area contributed by atoms with Gasteiger partial charge in [-0.25, -0.2) is 0 Å². The third-order valence-electron chi connectivity index (χ3n) is 6.03. The average Bonchev–Trinajstić information content (AvgIpc) is 3.15. The van der Waals surface area contributed by atoms with E-state index in [9.17, 15) is 14.7 Å². The van der Waals surface area contributed by atoms with Gasteiger partial charge in [-0.05, 0) is 56.7 Å². The third-order valence-corrected chi connectivity index (χ3v) is 6.33. The molecule has 0 aliphatic carbocycles. The average molecular weight is 522 g/mol. The number of halogens is 1. The van der Waals surface area contributed by atoms with Gasteiger partial charge in [0.15, 0.2) is 11.5 Å². The van der Waals surface area contributed by atoms with Gasteiger partial charge in [-0.15, -0.1) is 0 Å². The zero-order valence-electron chi connectivity index (χ0n) is 21.1. The molecule has 3 aromatic rings. The van der Waals surface area contributed by atoms with Crippen molar-refractivity contribution in [3.63, 3.8) is 0 Å². The predicted molar refractivity (Wildman–Crippen MR) is 143 cm³/mol. The van der Waals surface area contributed by atoms with Crippen LogP contribution in [0.4, 0.5) is 5.69 Å². The van der Waals surface area contributed by atoms with Crippen molar-refractivity contribution in [2.24, 2.45) is 0 Å². The highest BCUT2D eigenvalue weighted by molar-refractivity contribution is 6.51. The lowest BCUT2D eigenvalue weighted by atomic mass is 9.94. The van der Waals surface area contributed by atoms with E-state index in [-0.39, 0.29) is 16.4 Å². The quantitative estimate of drug-likeness (QED) is 0.220. The summed E-state index contributed by atoms with van der Waals surface area (Å²) in [5.74, 6) is -0.486. The molecule has 1 unspecified atom stereocenters. The first kappa shape index (κ1) is 26.1. The number of hydrogen-bond donors (Lipinski definition) is 1. The molecule has 0 radical (unpaired) electrons. The van der Waals surface area contributed by atoms with Gasteiger partial charge in [0, 0.05) is 17.3 Å². The van der Waals surface area contributed by atoms with Gasteiger partial charge in [0.1, 0.15) is 11.5 Å². The first-order chi connectivity index (χ1) is 17.8. The normalized spacial score (nSPS) is 16.7. The number of aliphatic hydroxyl groups is 1. The highest BCUT2D eigenvalue weighted by Gasteiger charge is 2.47. The topological polar surface area (TPSA) is 85.3 Å². The van der Waals surface area contributed by atoms with Crippen LogP contribution in [0.2, 0.25) is 5.02 Å². The number of Topliss-reactive ketones (excluding diaryl/α,β-unsaturated/α-hetero) is 1. The Labute approximate surface area is 220 Å². The molecule has 37 heavy (non-hydrogen) atoms. The molecule has 7 nitrogen and oxygen atoms in total. The second-order valence-corrected chi connectivity index (χ2v) is 8.84. The van der Waals surface area contributed by atoms with Crippen LogP contribution in [0.1, 0.15) is 36.6 Å². The highest BCUT2D eigenvalue weighted by Crippen LogP contribution is 2.44. The van der Waals surface area contributed by atoms with E-state index in [1.807, 2.05) is 45.0 Å². The Hall–Kier alpha value is -3.97. The largest absolute Gasteiger partial charge is 0.507 e. The van der Waals surface area contributed by atoms with Crippen LogP contribution in [0, 0.1) is 6.92 Å². The van der Waals surface area contributed by atoms with Crippen molar-refractivity contribution in [3.8, 4) is 17.2 Å². The van der Waals surface area contributed by atoms with Crippen LogP contribution < -0.4 is 19.1 Å². The number of anilines is 1. The van der Waals surface area contributed by atoms with E-state index in [2.05, 4.69) is 0 Å². The van der Waals surface area contributed by atoms with Gasteiger partial charge in [0.25, 0.3) is 11.7 Å². The summed E-state index contributed by atoms with van der Waals surface area (Å²) in [6.07, 6.45) is 0. The summed E-state index contributed by atoms with van der Waals surface area (Å²) >= 11 is 6.28. The molecule has 0 spiro atoms. The number of aryl methyl sites for hydroxylation is 1. The van der Waals surface area contributed by atoms with Gasteiger partial charge in [0.2, 0.25) is 0 Å². The SMILES string of the molecule is CCOc1ccc(N2C(=O)C(=O)/C(=C(/O)c3ccc(OC)c(Cl)c3)C2c2cccc(C)c2)cc1OCC. The number of amides is 1. The molecule has 1 aliphatic rings. The van der Waals surface area contributed by atoms with Crippen LogP contribution in [0.15, 0.2) is 66.2 Å². The van der Waals surface area contributed by atoms with Crippen molar-refractivity contribution < 1.29 is 28.9 Å². The Morgan fingerprint density at radius 2 is 1.65 bits per heavy atom. The lowest BCUT2D eigenvalue weighted by Gasteiger charge is -2.26. The summed E-state index contributed by atoms with van der Waals surface area (Å²) in [4.78, 5) is 28.3. The van der Waals surface area contributed by atoms with Crippen LogP contribution >= 0.6 is 11.6 Å². The summed E-state index contributed by atoms with van der Waals surface area (Å²) in [5, 5.41) is 11.6. The molecule has 1 N–H and O–H groups in total. The molecular formula is C29H28ClNO6. The Kier molecular flexibility index (Phi) is 7.74. The van der Waals surface area contributed by atoms with Gasteiger partial charge in [-0.2, -0.15) is 0 Å². The van der Waals surface area contributed by atoms with Crippen molar-refractivity contribution in [2.75, 3.05) is 25.2 Å². The molecule has 0 bridgehead atoms. The van der Waals surface area contributed by atoms with Gasteiger partial charge >= 0.3 is 0 Å². The molecule has 1 heterocycles. The molecule has 3 aromatic carbocycles. The molecule has 4 rings (SSSR count). The van der Waals surface area contributed by atoms with Gasteiger partial charge in [-0.1, -0.05) is 41.4 Å². The minimum atomic E-state index is -0.881. The number of rotatable bonds is 8. The molecule has 192 valence electrons. The molecule has 1 atom stereocenters. The van der Waals surface area contributed by atoms with Gasteiger partial charge < -0.3 is 19.3 Å². The summed E-state index contributed by atoms with van der Waals surface area (Å²) in [5.41, 5.74) is 2.31. The zero-order chi connectivity index (χ0) is 26.7. The van der Waals surface area contributed by atoms with E-state index >= 15 is 0 Å². The molecule has 1 fully saturated rings. The minimum absolute atomic E-state index is 0.0383. The molecule has 8 heteroatoms. The monoisotopic (exact) mass is 521 g/mol. The van der Waals surface area contributed by atoms with E-state index in [0.717, 1.165) is 5.56 Å². The first-order valence-corrected chi connectivity index (χ1v) is 12.3. The summed E-state index contributed by atoms with van der Waals surface area (Å²) in [6, 6.07) is 16.4. The van der Waals surface area contributed by atoms with Crippen molar-refractivity contribution in [2.45, 2.75) is 26.8 Å². The maximum Gasteiger partial charge on any atom is 0.300 e. The maximum atomic E-state index is 13.5. The van der Waals surface area contributed by atoms with Crippen molar-refractivity contribution in [3.05, 3.63) is 87.9 Å². The fraction of sp³-hybridized carbons (Fsp3) is 0.241. The smallest absolute Gasteiger partial charge is 0.300 e. The van der Waals surface area contributed by atoms with Crippen molar-refractivity contribution in [1.82, 2.24) is 0 Å². The molecular weight excluding hydrogens is 494 g/mol. The lowest BCUT2D eigenvalue weighted by Crippen LogP contribution is -2.29. The first-order valence-electron chi connectivity index (χ1n) is 11.9. The Morgan fingerprint density at radius 1 is 0.946 bits per heavy atom. The molecule has 1 aliphatic heterocycles. The van der Waals surface area contributed by atoms with E-state index in [1.165, 1.54) is 18.1 Å². The van der Waals surface area contributed by atoms with Crippen molar-refractivity contribution >= 4 is 34.7 Å². The summed E-state index contributed by atoms with van der Waals surface area (Å²) < 4.78 is 16.6. The van der Waals surface area contributed by atoms with Crippen molar-refractivity contribution in [1.29, 1.82) is 0 Å². The summed E-state index contributed by atoms with van der Waals surface area (Å²) in [7, 11) is 1.48. The van der Waals surface area contributed by atoms with Gasteiger partial charge in [0.05, 0.1) is 37.0 Å². The fourth-order valence-corrected chi connectivity index (χ4v) is 4.67. The Balaban J connectivity index is 1.93. The third kappa shape index (κ3) is 5.00. The molecule has 0 saturated carbocycles. The molecule has 1 amide bonds. The standard InChI is InChI=1S/C29H28ClNO6/c1-5-36-23-13-11-20(16-24(23)37-6-2)31-26(18-9-7-8-17(3)14-18)25(28(33)29(31)34)27(32)19-10-12-22(35-4)21(30)15-19/h7-16,26,32H,5-6H2,1-4H3/b27-25+. The number of aliphatic hydroxyl groups excluding tert-OH is 1. The Bertz CT molecular complexity index is 1380. The van der Waals surface area contributed by atoms with E-state index in [4.69, 9.17) is 25.8 Å². The predicted octanol–water partition coefficient (Wildman–Crippen LogP) is 6.08. The van der Waals surface area contributed by atoms with Crippen LogP contribution in [-0.4, -0.2) is 37.1 Å². The van der Waals surface area contributed by atoms with Gasteiger partial charge in [-0.3, -0.25) is 14.5 Å². The number of carbonyl (C=O) groups excluding carboxylic acids is 2. The molecule has 1 saturated heterocycles. The maximum absolute atomic E-state index is 13.5. The second kappa shape index (κ2) is 11.0. The lowest BCUT2D eigenvalue weighted by molar-refractivity contribution is -0.132. The minimum Gasteiger partial charge on any atom is -0.507 e. The Morgan fingerprint density at radius 3 is 2.30 bits per heavy atom. The second-order valence-electron chi connectivity index (χ2n) is 8.43. The number of benzene rings is 3. The summed E-state index contributed by atoms with van der Waals surface area (Å²) in [6.45, 7) is 6.47. The van der Waals surface area contributed by atoms with Crippen LogP contribution in [0.25, 0.3) is 5.76 Å². The number of ketones is 1. The number of nitrogens with zero attached hydrogens (tertiary/aromatic N) is 1. The zero-order valence-corrected chi connectivity index (χ0v) is 21.8. The number of hydrogen-bond acceptors (Lipinski definition) is 6.